The first-order chi connectivity index (χ1) is 28.0. The van der Waals surface area contributed by atoms with Gasteiger partial charge in [-0.3, -0.25) is 9.59 Å². The van der Waals surface area contributed by atoms with E-state index < -0.39 is 113 Å². The molecule has 2 bridgehead atoms. The number of amides is 1. The van der Waals surface area contributed by atoms with Gasteiger partial charge in [-0.05, 0) is 62.8 Å². The van der Waals surface area contributed by atoms with Gasteiger partial charge in [-0.25, -0.2) is 14.4 Å². The van der Waals surface area contributed by atoms with E-state index in [0.717, 1.165) is 7.11 Å². The number of esters is 2. The Morgan fingerprint density at radius 1 is 1.05 bits per heavy atom. The second kappa shape index (κ2) is 16.5. The van der Waals surface area contributed by atoms with Gasteiger partial charge in [0, 0.05) is 36.0 Å². The molecule has 16 nitrogen and oxygen atoms in total. The van der Waals surface area contributed by atoms with Gasteiger partial charge >= 0.3 is 24.2 Å². The van der Waals surface area contributed by atoms with Gasteiger partial charge in [0.2, 0.25) is 0 Å². The number of hydrogen-bond donors (Lipinski definition) is 4. The number of thiophene rings is 1. The van der Waals surface area contributed by atoms with Crippen molar-refractivity contribution in [1.29, 1.82) is 0 Å². The van der Waals surface area contributed by atoms with Crippen LogP contribution in [0.1, 0.15) is 84.7 Å². The molecule has 4 N–H and O–H groups in total. The summed E-state index contributed by atoms with van der Waals surface area (Å²) in [5.74, 6) is -4.12. The number of aliphatic hydroxyl groups excluding tert-OH is 2. The van der Waals surface area contributed by atoms with Crippen LogP contribution in [-0.4, -0.2) is 112 Å². The zero-order valence-electron chi connectivity index (χ0n) is 35.2. The van der Waals surface area contributed by atoms with Crippen LogP contribution in [0.2, 0.25) is 0 Å². The van der Waals surface area contributed by atoms with Gasteiger partial charge in [-0.2, -0.15) is 0 Å². The molecule has 1 saturated heterocycles. The fourth-order valence-electron chi connectivity index (χ4n) is 9.71. The number of hydrogen-bond acceptors (Lipinski definition) is 16. The van der Waals surface area contributed by atoms with E-state index in [1.807, 2.05) is 6.07 Å². The van der Waals surface area contributed by atoms with E-state index in [4.69, 9.17) is 33.2 Å². The highest BCUT2D eigenvalue weighted by Crippen LogP contribution is 2.64. The average Bonchev–Trinajstić information content (AvgIpc) is 3.70. The van der Waals surface area contributed by atoms with Crippen molar-refractivity contribution in [3.05, 3.63) is 69.4 Å². The van der Waals surface area contributed by atoms with E-state index in [9.17, 15) is 34.5 Å². The summed E-state index contributed by atoms with van der Waals surface area (Å²) in [6.45, 7) is 12.1. The molecule has 1 aliphatic heterocycles. The van der Waals surface area contributed by atoms with Gasteiger partial charge in [-0.15, -0.1) is 11.3 Å². The van der Waals surface area contributed by atoms with Crippen LogP contribution in [0.15, 0.2) is 59.0 Å². The number of benzene rings is 1. The molecule has 3 aliphatic carbocycles. The Balaban J connectivity index is 1.50. The summed E-state index contributed by atoms with van der Waals surface area (Å²) in [5.41, 5.74) is -7.27. The van der Waals surface area contributed by atoms with Gasteiger partial charge in [-0.1, -0.05) is 50.2 Å². The zero-order valence-corrected chi connectivity index (χ0v) is 36.0. The lowest BCUT2D eigenvalue weighted by Gasteiger charge is -2.67. The van der Waals surface area contributed by atoms with Crippen molar-refractivity contribution in [3.8, 4) is 0 Å². The molecule has 3 unspecified atom stereocenters. The van der Waals surface area contributed by atoms with Crippen molar-refractivity contribution in [2.75, 3.05) is 13.7 Å². The Labute approximate surface area is 352 Å². The minimum atomic E-state index is -2.18. The molecule has 2 saturated carbocycles. The van der Waals surface area contributed by atoms with Crippen LogP contribution in [0.25, 0.3) is 0 Å². The first-order valence-corrected chi connectivity index (χ1v) is 20.7. The van der Waals surface area contributed by atoms with Crippen LogP contribution in [-0.2, 0) is 54.1 Å². The summed E-state index contributed by atoms with van der Waals surface area (Å²) in [4.78, 5) is 68.6. The Morgan fingerprint density at radius 2 is 1.73 bits per heavy atom. The quantitative estimate of drug-likeness (QED) is 0.147. The number of fused-ring (bicyclic) bond motifs is 5. The third-order valence-corrected chi connectivity index (χ3v) is 13.6. The van der Waals surface area contributed by atoms with E-state index in [0.29, 0.717) is 10.4 Å². The lowest BCUT2D eigenvalue weighted by Crippen LogP contribution is -2.82. The van der Waals surface area contributed by atoms with Gasteiger partial charge in [0.1, 0.15) is 41.7 Å². The summed E-state index contributed by atoms with van der Waals surface area (Å²) in [6.07, 6.45) is -11.7. The van der Waals surface area contributed by atoms with E-state index in [2.05, 4.69) is 5.32 Å². The number of ketones is 1. The molecule has 0 spiro atoms. The Morgan fingerprint density at radius 3 is 2.30 bits per heavy atom. The number of Topliss-reactive ketones (excluding diaryl/α,β-unsaturated/α-hetero) is 1. The molecular weight excluding hydrogens is 803 g/mol. The lowest BCUT2D eigenvalue weighted by atomic mass is 9.44. The first kappa shape index (κ1) is 45.1. The van der Waals surface area contributed by atoms with Crippen molar-refractivity contribution < 1.29 is 72.5 Å². The van der Waals surface area contributed by atoms with E-state index >= 15 is 4.79 Å². The Bertz CT molecular complexity index is 1990. The van der Waals surface area contributed by atoms with Crippen molar-refractivity contribution in [1.82, 2.24) is 5.32 Å². The number of methoxy groups -OCH3 is 1. The molecule has 2 heterocycles. The largest absolute Gasteiger partial charge is 0.508 e. The third kappa shape index (κ3) is 7.84. The number of nitrogens with one attached hydrogen (secondary N) is 1. The maximum Gasteiger partial charge on any atom is 0.508 e. The molecule has 6 rings (SSSR count). The molecule has 1 aromatic carbocycles. The zero-order chi connectivity index (χ0) is 44.2. The number of carbonyl (C=O) groups is 5. The highest BCUT2D eigenvalue weighted by atomic mass is 32.1. The number of rotatable bonds is 10. The maximum atomic E-state index is 15.3. The van der Waals surface area contributed by atoms with Crippen LogP contribution >= 0.6 is 11.3 Å². The summed E-state index contributed by atoms with van der Waals surface area (Å²) in [6, 6.07) is 11.0. The van der Waals surface area contributed by atoms with Crippen LogP contribution in [0.3, 0.4) is 0 Å². The average molecular weight is 858 g/mol. The van der Waals surface area contributed by atoms with Gasteiger partial charge < -0.3 is 53.8 Å². The molecule has 4 aliphatic rings. The number of alkyl carbamates (subject to hydrolysis) is 1. The van der Waals surface area contributed by atoms with Crippen LogP contribution in [0.4, 0.5) is 9.59 Å². The number of carbonyl (C=O) groups excluding carboxylic acids is 5. The lowest BCUT2D eigenvalue weighted by molar-refractivity contribution is -0.351. The fraction of sp³-hybridized carbons (Fsp3) is 0.605. The monoisotopic (exact) mass is 857 g/mol. The predicted octanol–water partition coefficient (Wildman–Crippen LogP) is 4.47. The minimum Gasteiger partial charge on any atom is -0.456 e. The van der Waals surface area contributed by atoms with Gasteiger partial charge in [0.05, 0.1) is 31.8 Å². The molecule has 328 valence electrons. The van der Waals surface area contributed by atoms with Crippen molar-refractivity contribution in [2.45, 2.75) is 134 Å². The summed E-state index contributed by atoms with van der Waals surface area (Å²) in [5, 5.41) is 41.9. The van der Waals surface area contributed by atoms with Crippen molar-refractivity contribution >= 4 is 41.3 Å². The second-order valence-electron chi connectivity index (χ2n) is 17.7. The van der Waals surface area contributed by atoms with E-state index in [1.54, 1.807) is 83.3 Å². The Kier molecular flexibility index (Phi) is 12.4. The van der Waals surface area contributed by atoms with Gasteiger partial charge in [0.25, 0.3) is 0 Å². The highest BCUT2D eigenvalue weighted by Gasteiger charge is 2.78. The molecule has 11 atom stereocenters. The highest BCUT2D eigenvalue weighted by molar-refractivity contribution is 7.10. The van der Waals surface area contributed by atoms with Crippen LogP contribution < -0.4 is 5.32 Å². The van der Waals surface area contributed by atoms with Crippen molar-refractivity contribution in [3.63, 3.8) is 0 Å². The standard InChI is InChI=1S/C43H55NO15S/c1-22-25(56-36(49)32(47)30(26-16-13-17-60-26)44-37(50)59-39(3,4)5)19-43(52)35(54-20-24-14-11-10-12-15-24)33-41(8,34(48)31(46)29(22)40(43,6)7)27(57-38(51)53-9)18-28-42(33,21-55-28)58-23(2)45/h10-17,25,27-28,30-33,35,46-47,52H,18-21H2,1-9H3,(H,44,50)/t25-,27?,28+,30-,31+,32+,33?,35?,41+,42-,43+/m0/s1. The maximum absolute atomic E-state index is 15.3. The molecule has 60 heavy (non-hydrogen) atoms. The topological polar surface area (TPSA) is 223 Å². The smallest absolute Gasteiger partial charge is 0.456 e. The van der Waals surface area contributed by atoms with Gasteiger partial charge in [0.15, 0.2) is 17.5 Å². The number of ether oxygens (including phenoxy) is 7. The third-order valence-electron chi connectivity index (χ3n) is 12.7. The van der Waals surface area contributed by atoms with Crippen LogP contribution in [0, 0.1) is 16.7 Å². The molecular formula is C43H55NO15S. The normalized spacial score (nSPS) is 33.0. The molecule has 17 heteroatoms. The summed E-state index contributed by atoms with van der Waals surface area (Å²) in [7, 11) is 1.10. The first-order valence-electron chi connectivity index (χ1n) is 19.8. The molecule has 0 radical (unpaired) electrons. The minimum absolute atomic E-state index is 0.00792. The fourth-order valence-corrected chi connectivity index (χ4v) is 10.5. The molecule has 3 fully saturated rings. The summed E-state index contributed by atoms with van der Waals surface area (Å²) < 4.78 is 41.0. The van der Waals surface area contributed by atoms with E-state index in [-0.39, 0.29) is 30.8 Å². The number of aliphatic hydroxyl groups is 3. The van der Waals surface area contributed by atoms with Crippen molar-refractivity contribution in [2.24, 2.45) is 16.7 Å². The Hall–Kier alpha value is -4.39. The predicted molar refractivity (Wildman–Crippen MR) is 212 cm³/mol. The van der Waals surface area contributed by atoms with Crippen LogP contribution in [0.5, 0.6) is 0 Å². The summed E-state index contributed by atoms with van der Waals surface area (Å²) >= 11 is 1.17. The van der Waals surface area contributed by atoms with E-state index in [1.165, 1.54) is 25.2 Å². The second-order valence-corrected chi connectivity index (χ2v) is 18.7. The SMILES string of the molecule is COC(=O)OC1C[C@H]2OC[C@@]2(OC(C)=O)C2C(OCc3ccccc3)[C@]3(O)C[C@H](OC(=O)[C@H](O)[C@@H](NC(=O)OC(C)(C)C)c4cccs4)C(C)=C([C@@H](O)C(=O)[C@]12C)C3(C)C. The molecule has 1 aromatic heterocycles. The molecule has 1 amide bonds. The molecule has 2 aromatic rings.